The van der Waals surface area contributed by atoms with Crippen molar-refractivity contribution < 1.29 is 9.53 Å². The van der Waals surface area contributed by atoms with Crippen LogP contribution in [0, 0.1) is 0 Å². The van der Waals surface area contributed by atoms with E-state index in [0.717, 1.165) is 19.6 Å². The molecule has 1 aromatic carbocycles. The molecule has 3 aromatic heterocycles. The van der Waals surface area contributed by atoms with E-state index in [9.17, 15) is 4.79 Å². The minimum absolute atomic E-state index is 0.121. The number of aromatic nitrogens is 5. The van der Waals surface area contributed by atoms with Gasteiger partial charge >= 0.3 is 0 Å². The Hall–Kier alpha value is -4.06. The van der Waals surface area contributed by atoms with Crippen molar-refractivity contribution in [3.05, 3.63) is 70.5 Å². The minimum atomic E-state index is -0.359. The van der Waals surface area contributed by atoms with E-state index in [1.165, 1.54) is 44.2 Å². The summed E-state index contributed by atoms with van der Waals surface area (Å²) in [5.74, 6) is 1.49. The van der Waals surface area contributed by atoms with Crippen molar-refractivity contribution in [3.63, 3.8) is 0 Å². The molecule has 0 unspecified atom stereocenters. The number of carbonyl (C=O) groups excluding carboxylic acids is 1. The molecule has 5 rings (SSSR count). The number of hydrogen-bond donors (Lipinski definition) is 3. The topological polar surface area (TPSA) is 130 Å². The standard InChI is InChI=1S/C28H29Cl2N9O2/c1-3-32-28(40)18-10-21(41-2)25(30)26(24(18)29)38-27-19(13-31-15-36-27)20-11-23(35-16-34-20)37-22-7-6-17(12-33-22)14-39-8-4-5-9-39/h6-7,10-13,15-16H,3-5,8-9,14H2,1-2H3,(H,32,40)(H,31,36,38)(H,33,34,35,37). The van der Waals surface area contributed by atoms with E-state index in [1.807, 2.05) is 19.2 Å². The quantitative estimate of drug-likeness (QED) is 0.217. The smallest absolute Gasteiger partial charge is 0.253 e. The molecule has 1 amide bonds. The van der Waals surface area contributed by atoms with Crippen molar-refractivity contribution in [3.8, 4) is 17.0 Å². The monoisotopic (exact) mass is 593 g/mol. The lowest BCUT2D eigenvalue weighted by molar-refractivity contribution is 0.0955. The number of likely N-dealkylation sites (tertiary alicyclic amines) is 1. The molecule has 0 atom stereocenters. The summed E-state index contributed by atoms with van der Waals surface area (Å²) in [4.78, 5) is 37.0. The van der Waals surface area contributed by atoms with Crippen molar-refractivity contribution in [2.75, 3.05) is 37.4 Å². The van der Waals surface area contributed by atoms with Gasteiger partial charge in [-0.2, -0.15) is 0 Å². The van der Waals surface area contributed by atoms with Gasteiger partial charge in [0.15, 0.2) is 0 Å². The molecule has 0 bridgehead atoms. The summed E-state index contributed by atoms with van der Waals surface area (Å²) in [5, 5.41) is 9.44. The molecular formula is C28H29Cl2N9O2. The second-order valence-electron chi connectivity index (χ2n) is 9.35. The van der Waals surface area contributed by atoms with Crippen LogP contribution in [0.25, 0.3) is 11.3 Å². The van der Waals surface area contributed by atoms with Gasteiger partial charge in [-0.15, -0.1) is 0 Å². The molecule has 4 heterocycles. The lowest BCUT2D eigenvalue weighted by Crippen LogP contribution is -2.23. The number of pyridine rings is 1. The third-order valence-corrected chi connectivity index (χ3v) is 7.32. The molecule has 1 aliphatic rings. The van der Waals surface area contributed by atoms with Gasteiger partial charge in [-0.25, -0.2) is 24.9 Å². The number of benzene rings is 1. The molecule has 1 saturated heterocycles. The van der Waals surface area contributed by atoms with Gasteiger partial charge in [-0.3, -0.25) is 9.69 Å². The van der Waals surface area contributed by atoms with Crippen molar-refractivity contribution >= 4 is 52.3 Å². The van der Waals surface area contributed by atoms with Crippen LogP contribution in [0.2, 0.25) is 10.0 Å². The number of ether oxygens (including phenoxy) is 1. The molecule has 1 fully saturated rings. The van der Waals surface area contributed by atoms with Crippen LogP contribution in [0.3, 0.4) is 0 Å². The van der Waals surface area contributed by atoms with Crippen LogP contribution in [0.5, 0.6) is 5.75 Å². The first-order valence-electron chi connectivity index (χ1n) is 13.1. The normalized spacial score (nSPS) is 13.2. The molecule has 41 heavy (non-hydrogen) atoms. The number of halogens is 2. The van der Waals surface area contributed by atoms with Crippen LogP contribution >= 0.6 is 23.2 Å². The third-order valence-electron chi connectivity index (χ3n) is 6.55. The number of hydrogen-bond acceptors (Lipinski definition) is 10. The molecular weight excluding hydrogens is 565 g/mol. The predicted molar refractivity (Wildman–Crippen MR) is 159 cm³/mol. The van der Waals surface area contributed by atoms with Gasteiger partial charge < -0.3 is 20.7 Å². The maximum atomic E-state index is 12.6. The van der Waals surface area contributed by atoms with Crippen molar-refractivity contribution in [1.29, 1.82) is 0 Å². The summed E-state index contributed by atoms with van der Waals surface area (Å²) in [6.45, 7) is 5.42. The maximum Gasteiger partial charge on any atom is 0.253 e. The van der Waals surface area contributed by atoms with Crippen LogP contribution in [0.4, 0.5) is 23.1 Å². The van der Waals surface area contributed by atoms with E-state index >= 15 is 0 Å². The zero-order chi connectivity index (χ0) is 28.8. The SMILES string of the molecule is CCNC(=O)c1cc(OC)c(Cl)c(Nc2ncncc2-c2cc(Nc3ccc(CN4CCCC4)cn3)ncn2)c1Cl. The van der Waals surface area contributed by atoms with E-state index in [-0.39, 0.29) is 33.0 Å². The van der Waals surface area contributed by atoms with Crippen molar-refractivity contribution in [2.45, 2.75) is 26.3 Å². The summed E-state index contributed by atoms with van der Waals surface area (Å²) in [7, 11) is 1.46. The van der Waals surface area contributed by atoms with Crippen LogP contribution < -0.4 is 20.7 Å². The van der Waals surface area contributed by atoms with E-state index in [4.69, 9.17) is 27.9 Å². The molecule has 0 aliphatic carbocycles. The first-order chi connectivity index (χ1) is 20.0. The van der Waals surface area contributed by atoms with Crippen LogP contribution in [-0.2, 0) is 6.54 Å². The van der Waals surface area contributed by atoms with Gasteiger partial charge in [0, 0.05) is 31.5 Å². The first-order valence-corrected chi connectivity index (χ1v) is 13.9. The molecule has 3 N–H and O–H groups in total. The molecule has 11 nitrogen and oxygen atoms in total. The average Bonchev–Trinajstić information content (AvgIpc) is 3.50. The fourth-order valence-electron chi connectivity index (χ4n) is 4.52. The number of nitrogens with one attached hydrogen (secondary N) is 3. The second-order valence-corrected chi connectivity index (χ2v) is 10.1. The zero-order valence-corrected chi connectivity index (χ0v) is 24.1. The highest BCUT2D eigenvalue weighted by molar-refractivity contribution is 6.42. The summed E-state index contributed by atoms with van der Waals surface area (Å²) in [6, 6.07) is 7.26. The Kier molecular flexibility index (Phi) is 9.07. The number of rotatable bonds is 10. The highest BCUT2D eigenvalue weighted by Gasteiger charge is 2.22. The molecule has 0 saturated carbocycles. The van der Waals surface area contributed by atoms with Crippen LogP contribution in [-0.4, -0.2) is 62.5 Å². The fraction of sp³-hybridized carbons (Fsp3) is 0.286. The van der Waals surface area contributed by atoms with E-state index in [2.05, 4.69) is 51.8 Å². The Bertz CT molecular complexity index is 1530. The van der Waals surface area contributed by atoms with Gasteiger partial charge in [0.05, 0.1) is 34.6 Å². The number of amides is 1. The highest BCUT2D eigenvalue weighted by Crippen LogP contribution is 2.42. The molecule has 1 aliphatic heterocycles. The molecule has 0 radical (unpaired) electrons. The Morgan fingerprint density at radius 3 is 2.54 bits per heavy atom. The minimum Gasteiger partial charge on any atom is -0.495 e. The van der Waals surface area contributed by atoms with Gasteiger partial charge in [0.2, 0.25) is 0 Å². The second kappa shape index (κ2) is 13.1. The van der Waals surface area contributed by atoms with Gasteiger partial charge in [-0.05, 0) is 50.6 Å². The predicted octanol–water partition coefficient (Wildman–Crippen LogP) is 5.48. The van der Waals surface area contributed by atoms with Gasteiger partial charge in [-0.1, -0.05) is 29.3 Å². The van der Waals surface area contributed by atoms with Gasteiger partial charge in [0.1, 0.15) is 40.9 Å². The molecule has 0 spiro atoms. The zero-order valence-electron chi connectivity index (χ0n) is 22.6. The van der Waals surface area contributed by atoms with E-state index in [1.54, 1.807) is 12.3 Å². The largest absolute Gasteiger partial charge is 0.495 e. The number of methoxy groups -OCH3 is 1. The number of anilines is 4. The lowest BCUT2D eigenvalue weighted by atomic mass is 10.1. The maximum absolute atomic E-state index is 12.6. The summed E-state index contributed by atoms with van der Waals surface area (Å²) in [6.07, 6.45) is 8.82. The van der Waals surface area contributed by atoms with E-state index < -0.39 is 0 Å². The number of nitrogens with zero attached hydrogens (tertiary/aromatic N) is 6. The Balaban J connectivity index is 1.40. The van der Waals surface area contributed by atoms with Crippen LogP contribution in [0.15, 0.2) is 49.3 Å². The molecule has 13 heteroatoms. The van der Waals surface area contributed by atoms with Crippen LogP contribution in [0.1, 0.15) is 35.7 Å². The first kappa shape index (κ1) is 28.5. The lowest BCUT2D eigenvalue weighted by Gasteiger charge is -2.17. The fourth-order valence-corrected chi connectivity index (χ4v) is 5.13. The number of carbonyl (C=O) groups is 1. The van der Waals surface area contributed by atoms with E-state index in [0.29, 0.717) is 35.3 Å². The molecule has 4 aromatic rings. The Morgan fingerprint density at radius 1 is 0.976 bits per heavy atom. The third kappa shape index (κ3) is 6.64. The molecule has 212 valence electrons. The summed E-state index contributed by atoms with van der Waals surface area (Å²) < 4.78 is 5.39. The summed E-state index contributed by atoms with van der Waals surface area (Å²) >= 11 is 13.2. The summed E-state index contributed by atoms with van der Waals surface area (Å²) in [5.41, 5.74) is 2.74. The van der Waals surface area contributed by atoms with Crippen molar-refractivity contribution in [2.24, 2.45) is 0 Å². The van der Waals surface area contributed by atoms with Gasteiger partial charge in [0.25, 0.3) is 5.91 Å². The Morgan fingerprint density at radius 2 is 1.80 bits per heavy atom. The highest BCUT2D eigenvalue weighted by atomic mass is 35.5. The van der Waals surface area contributed by atoms with Crippen molar-refractivity contribution in [1.82, 2.24) is 35.1 Å². The average molecular weight is 595 g/mol. The Labute approximate surface area is 247 Å².